The van der Waals surface area contributed by atoms with Crippen LogP contribution in [0.5, 0.6) is 0 Å². The van der Waals surface area contributed by atoms with Gasteiger partial charge in [0.05, 0.1) is 6.10 Å². The van der Waals surface area contributed by atoms with Gasteiger partial charge in [0.2, 0.25) is 0 Å². The van der Waals surface area contributed by atoms with Gasteiger partial charge in [0, 0.05) is 6.20 Å². The van der Waals surface area contributed by atoms with Crippen LogP contribution in [0.3, 0.4) is 0 Å². The molecule has 0 radical (unpaired) electrons. The van der Waals surface area contributed by atoms with Crippen molar-refractivity contribution in [3.05, 3.63) is 34.0 Å². The molecule has 130 valence electrons. The molecule has 0 unspecified atom stereocenters. The Balaban J connectivity index is 2.63. The fourth-order valence-electron chi connectivity index (χ4n) is 2.30. The van der Waals surface area contributed by atoms with Crippen molar-refractivity contribution in [2.45, 2.75) is 53.2 Å². The fourth-order valence-corrected chi connectivity index (χ4v) is 2.30. The number of ether oxygens (including phenoxy) is 1. The van der Waals surface area contributed by atoms with Crippen molar-refractivity contribution in [2.75, 3.05) is 0 Å². The first-order valence-electron chi connectivity index (χ1n) is 7.76. The topological polar surface area (TPSA) is 98.2 Å². The van der Waals surface area contributed by atoms with Gasteiger partial charge in [0.25, 0.3) is 5.56 Å². The van der Waals surface area contributed by atoms with Gasteiger partial charge < -0.3 is 9.94 Å². The molecule has 2 heterocycles. The van der Waals surface area contributed by atoms with Crippen LogP contribution in [0.4, 0.5) is 0 Å². The van der Waals surface area contributed by atoms with E-state index in [4.69, 9.17) is 9.94 Å². The van der Waals surface area contributed by atoms with E-state index in [0.29, 0.717) is 5.52 Å². The van der Waals surface area contributed by atoms with Gasteiger partial charge in [-0.05, 0) is 38.3 Å². The first-order valence-corrected chi connectivity index (χ1v) is 7.76. The predicted octanol–water partition coefficient (Wildman–Crippen LogP) is 1.77. The fraction of sp³-hybridized carbons (Fsp3) is 0.500. The third-order valence-corrected chi connectivity index (χ3v) is 3.52. The van der Waals surface area contributed by atoms with Crippen LogP contribution in [0.15, 0.2) is 22.2 Å². The number of aromatic nitrogens is 3. The highest BCUT2D eigenvalue weighted by Gasteiger charge is 2.18. The van der Waals surface area contributed by atoms with E-state index in [1.54, 1.807) is 37.4 Å². The van der Waals surface area contributed by atoms with E-state index in [0.717, 1.165) is 10.2 Å². The summed E-state index contributed by atoms with van der Waals surface area (Å²) in [5.41, 5.74) is 1.14. The molecule has 2 rings (SSSR count). The van der Waals surface area contributed by atoms with Crippen LogP contribution in [0.1, 0.15) is 51.9 Å². The average Bonchev–Trinajstić information content (AvgIpc) is 2.94. The Labute approximate surface area is 139 Å². The van der Waals surface area contributed by atoms with Crippen molar-refractivity contribution in [2.24, 2.45) is 5.16 Å². The van der Waals surface area contributed by atoms with Gasteiger partial charge in [-0.25, -0.2) is 4.68 Å². The molecule has 2 aromatic heterocycles. The highest BCUT2D eigenvalue weighted by Crippen LogP contribution is 2.17. The van der Waals surface area contributed by atoms with Crippen molar-refractivity contribution in [1.82, 2.24) is 14.2 Å². The molecule has 0 aliphatic carbocycles. The summed E-state index contributed by atoms with van der Waals surface area (Å²) < 4.78 is 7.68. The van der Waals surface area contributed by atoms with E-state index in [1.165, 1.54) is 0 Å². The summed E-state index contributed by atoms with van der Waals surface area (Å²) in [4.78, 5) is 24.5. The lowest BCUT2D eigenvalue weighted by atomic mass is 10.1. The lowest BCUT2D eigenvalue weighted by molar-refractivity contribution is -0.148. The Hall–Kier alpha value is -2.64. The monoisotopic (exact) mass is 334 g/mol. The molecule has 8 nitrogen and oxygen atoms in total. The lowest BCUT2D eigenvalue weighted by Crippen LogP contribution is -2.32. The third kappa shape index (κ3) is 3.47. The molecule has 0 aliphatic heterocycles. The number of fused-ring (bicyclic) bond motifs is 1. The van der Waals surface area contributed by atoms with Gasteiger partial charge in [-0.3, -0.25) is 14.0 Å². The van der Waals surface area contributed by atoms with E-state index >= 15 is 0 Å². The third-order valence-electron chi connectivity index (χ3n) is 3.52. The minimum atomic E-state index is -0.552. The smallest absolute Gasteiger partial charge is 0.328 e. The van der Waals surface area contributed by atoms with Crippen LogP contribution >= 0.6 is 0 Å². The zero-order valence-electron chi connectivity index (χ0n) is 14.5. The second-order valence-electron chi connectivity index (χ2n) is 6.19. The Morgan fingerprint density at radius 3 is 2.58 bits per heavy atom. The molecule has 0 saturated carbocycles. The summed E-state index contributed by atoms with van der Waals surface area (Å²) in [7, 11) is 0. The number of carbonyl (C=O) groups is 1. The first-order chi connectivity index (χ1) is 11.2. The van der Waals surface area contributed by atoms with Crippen molar-refractivity contribution in [3.63, 3.8) is 0 Å². The van der Waals surface area contributed by atoms with Gasteiger partial charge >= 0.3 is 5.97 Å². The van der Waals surface area contributed by atoms with E-state index in [-0.39, 0.29) is 30.1 Å². The number of hydrogen-bond acceptors (Lipinski definition) is 6. The van der Waals surface area contributed by atoms with Gasteiger partial charge in [-0.2, -0.15) is 0 Å². The van der Waals surface area contributed by atoms with Gasteiger partial charge in [0.1, 0.15) is 17.8 Å². The number of carbonyl (C=O) groups excluding carboxylic acids is 1. The van der Waals surface area contributed by atoms with E-state index in [9.17, 15) is 9.59 Å². The Morgan fingerprint density at radius 2 is 2.04 bits per heavy atom. The van der Waals surface area contributed by atoms with E-state index < -0.39 is 11.5 Å². The quantitative estimate of drug-likeness (QED) is 0.389. The summed E-state index contributed by atoms with van der Waals surface area (Å²) in [5, 5.41) is 16.4. The normalized spacial score (nSPS) is 12.4. The van der Waals surface area contributed by atoms with Crippen LogP contribution in [-0.2, 0) is 16.1 Å². The molecule has 1 N–H and O–H groups in total. The SMILES string of the molecule is C/C(=N/O)c1nn(CC(=O)OC(C)C)c(=O)c2cc(C(C)C)cn12. The summed E-state index contributed by atoms with van der Waals surface area (Å²) in [5.74, 6) is -0.0524. The molecule has 2 aromatic rings. The molecule has 0 spiro atoms. The van der Waals surface area contributed by atoms with Gasteiger partial charge in [-0.1, -0.05) is 19.0 Å². The second-order valence-corrected chi connectivity index (χ2v) is 6.19. The van der Waals surface area contributed by atoms with Crippen molar-refractivity contribution in [3.8, 4) is 0 Å². The molecule has 24 heavy (non-hydrogen) atoms. The van der Waals surface area contributed by atoms with Gasteiger partial charge in [0.15, 0.2) is 5.82 Å². The zero-order valence-corrected chi connectivity index (χ0v) is 14.5. The summed E-state index contributed by atoms with van der Waals surface area (Å²) in [6, 6.07) is 1.76. The Morgan fingerprint density at radius 1 is 1.38 bits per heavy atom. The molecule has 0 atom stereocenters. The van der Waals surface area contributed by atoms with Crippen molar-refractivity contribution in [1.29, 1.82) is 0 Å². The highest BCUT2D eigenvalue weighted by molar-refractivity contribution is 5.95. The maximum absolute atomic E-state index is 12.6. The number of hydrogen-bond donors (Lipinski definition) is 1. The van der Waals surface area contributed by atoms with Gasteiger partial charge in [-0.15, -0.1) is 5.10 Å². The number of esters is 1. The van der Waals surface area contributed by atoms with Crippen molar-refractivity contribution < 1.29 is 14.7 Å². The van der Waals surface area contributed by atoms with E-state index in [2.05, 4.69) is 10.3 Å². The molecule has 0 fully saturated rings. The Kier molecular flexibility index (Phi) is 5.06. The first kappa shape index (κ1) is 17.7. The zero-order chi connectivity index (χ0) is 18.0. The molecule has 0 amide bonds. The number of rotatable bonds is 5. The predicted molar refractivity (Wildman–Crippen MR) is 88.8 cm³/mol. The maximum atomic E-state index is 12.6. The molecular formula is C16H22N4O4. The second kappa shape index (κ2) is 6.86. The van der Waals surface area contributed by atoms with Crippen LogP contribution in [0, 0.1) is 0 Å². The van der Waals surface area contributed by atoms with Crippen LogP contribution in [-0.4, -0.2) is 37.2 Å². The number of oxime groups is 1. The summed E-state index contributed by atoms with van der Waals surface area (Å²) in [6.45, 7) is 8.74. The Bertz CT molecular complexity index is 846. The maximum Gasteiger partial charge on any atom is 0.328 e. The van der Waals surface area contributed by atoms with Crippen LogP contribution < -0.4 is 5.56 Å². The average molecular weight is 334 g/mol. The number of nitrogens with zero attached hydrogens (tertiary/aromatic N) is 4. The largest absolute Gasteiger partial charge is 0.462 e. The van der Waals surface area contributed by atoms with Crippen molar-refractivity contribution >= 4 is 17.2 Å². The highest BCUT2D eigenvalue weighted by atomic mass is 16.5. The minimum Gasteiger partial charge on any atom is -0.462 e. The molecule has 0 bridgehead atoms. The molecule has 0 aromatic carbocycles. The summed E-state index contributed by atoms with van der Waals surface area (Å²) in [6.07, 6.45) is 1.51. The summed E-state index contributed by atoms with van der Waals surface area (Å²) >= 11 is 0. The molecule has 8 heteroatoms. The van der Waals surface area contributed by atoms with E-state index in [1.807, 2.05) is 13.8 Å². The lowest BCUT2D eigenvalue weighted by Gasteiger charge is -2.11. The molecule has 0 aliphatic rings. The molecule has 0 saturated heterocycles. The van der Waals surface area contributed by atoms with Crippen LogP contribution in [0.25, 0.3) is 5.52 Å². The molecular weight excluding hydrogens is 312 g/mol. The minimum absolute atomic E-state index is 0.211. The standard InChI is InChI=1S/C16H22N4O4/c1-9(2)12-6-13-16(22)20(8-14(21)24-10(3)4)17-15(11(5)18-23)19(13)7-12/h6-7,9-10,23H,8H2,1-5H3/b18-11-. The van der Waals surface area contributed by atoms with Crippen LogP contribution in [0.2, 0.25) is 0 Å².